The van der Waals surface area contributed by atoms with Crippen LogP contribution in [-0.4, -0.2) is 64.7 Å². The Labute approximate surface area is 220 Å². The molecule has 0 spiro atoms. The van der Waals surface area contributed by atoms with Gasteiger partial charge in [0.15, 0.2) is 6.10 Å². The molecule has 1 aliphatic rings. The molecule has 1 aliphatic heterocycles. The van der Waals surface area contributed by atoms with Crippen molar-refractivity contribution in [3.8, 4) is 11.5 Å². The highest BCUT2D eigenvalue weighted by atomic mass is 32.2. The number of nitrogens with two attached hydrogens (primary N) is 1. The molecule has 1 heterocycles. The first-order valence-corrected chi connectivity index (χ1v) is 13.8. The Bertz CT molecular complexity index is 1380. The predicted molar refractivity (Wildman–Crippen MR) is 144 cm³/mol. The van der Waals surface area contributed by atoms with Gasteiger partial charge in [0.2, 0.25) is 0 Å². The van der Waals surface area contributed by atoms with E-state index < -0.39 is 27.4 Å². The summed E-state index contributed by atoms with van der Waals surface area (Å²) in [5.41, 5.74) is 7.01. The lowest BCUT2D eigenvalue weighted by molar-refractivity contribution is -0.125. The van der Waals surface area contributed by atoms with Gasteiger partial charge in [-0.2, -0.15) is 8.42 Å². The largest absolute Gasteiger partial charge is 0.506 e. The van der Waals surface area contributed by atoms with Crippen molar-refractivity contribution in [2.24, 2.45) is 0 Å². The number of benzene rings is 3. The molecule has 3 N–H and O–H groups in total. The summed E-state index contributed by atoms with van der Waals surface area (Å²) in [5.74, 6) is -0.0942. The molecular weight excluding hydrogens is 514 g/mol. The fraction of sp³-hybridized carbons (Fsp3) is 0.269. The van der Waals surface area contributed by atoms with Gasteiger partial charge >= 0.3 is 0 Å². The minimum absolute atomic E-state index is 0.113. The van der Waals surface area contributed by atoms with Crippen LogP contribution in [0.4, 0.5) is 11.4 Å². The van der Waals surface area contributed by atoms with Crippen LogP contribution in [0, 0.1) is 0 Å². The summed E-state index contributed by atoms with van der Waals surface area (Å²) >= 11 is 1.36. The summed E-state index contributed by atoms with van der Waals surface area (Å²) in [7, 11) is 0.923. The van der Waals surface area contributed by atoms with Crippen LogP contribution in [0.25, 0.3) is 0 Å². The maximum absolute atomic E-state index is 14.1. The van der Waals surface area contributed by atoms with E-state index in [1.807, 2.05) is 43.3 Å². The summed E-state index contributed by atoms with van der Waals surface area (Å²) in [5, 5.41) is 9.06. The molecule has 0 radical (unpaired) electrons. The molecule has 3 aromatic carbocycles. The zero-order valence-corrected chi connectivity index (χ0v) is 22.3. The SMILES string of the molecule is COc1ccc([C@@H]2Sc3ccccc3N(CCN(C)C)C(=O)[C@@H]2OS(=O)(=O)c2ccc(O)c(N)c2)cc1. The molecule has 0 unspecified atom stereocenters. The molecule has 1 amide bonds. The number of hydrogen-bond donors (Lipinski definition) is 2. The van der Waals surface area contributed by atoms with Crippen LogP contribution in [0.1, 0.15) is 10.8 Å². The molecule has 0 saturated heterocycles. The number of hydrogen-bond acceptors (Lipinski definition) is 9. The van der Waals surface area contributed by atoms with Gasteiger partial charge in [-0.05, 0) is 62.1 Å². The molecule has 3 aromatic rings. The van der Waals surface area contributed by atoms with E-state index in [9.17, 15) is 18.3 Å². The summed E-state index contributed by atoms with van der Waals surface area (Å²) < 4.78 is 37.7. The number of likely N-dealkylation sites (N-methyl/N-ethyl adjacent to an activating group) is 1. The van der Waals surface area contributed by atoms with Crippen molar-refractivity contribution < 1.29 is 27.2 Å². The van der Waals surface area contributed by atoms with E-state index in [1.165, 1.54) is 23.9 Å². The van der Waals surface area contributed by atoms with Gasteiger partial charge in [-0.3, -0.25) is 8.98 Å². The van der Waals surface area contributed by atoms with Gasteiger partial charge in [0.25, 0.3) is 16.0 Å². The quantitative estimate of drug-likeness (QED) is 0.250. The normalized spacial score (nSPS) is 17.9. The second-order valence-electron chi connectivity index (χ2n) is 8.76. The third-order valence-electron chi connectivity index (χ3n) is 5.93. The highest BCUT2D eigenvalue weighted by Crippen LogP contribution is 2.47. The lowest BCUT2D eigenvalue weighted by Crippen LogP contribution is -2.45. The average Bonchev–Trinajstić information content (AvgIpc) is 2.98. The number of methoxy groups -OCH3 is 1. The van der Waals surface area contributed by atoms with Crippen molar-refractivity contribution in [1.82, 2.24) is 4.90 Å². The Kier molecular flexibility index (Phi) is 7.98. The van der Waals surface area contributed by atoms with E-state index in [0.717, 1.165) is 11.0 Å². The minimum Gasteiger partial charge on any atom is -0.506 e. The molecule has 0 aromatic heterocycles. The zero-order valence-electron chi connectivity index (χ0n) is 20.7. The summed E-state index contributed by atoms with van der Waals surface area (Å²) in [4.78, 5) is 18.2. The first-order valence-electron chi connectivity index (χ1n) is 11.5. The predicted octanol–water partition coefficient (Wildman–Crippen LogP) is 3.50. The van der Waals surface area contributed by atoms with Crippen LogP contribution in [-0.2, 0) is 19.1 Å². The lowest BCUT2D eigenvalue weighted by Gasteiger charge is -2.28. The highest BCUT2D eigenvalue weighted by molar-refractivity contribution is 7.99. The van der Waals surface area contributed by atoms with Crippen LogP contribution < -0.4 is 15.4 Å². The van der Waals surface area contributed by atoms with E-state index in [4.69, 9.17) is 14.7 Å². The number of carbonyl (C=O) groups is 1. The number of thioether (sulfide) groups is 1. The topological polar surface area (TPSA) is 122 Å². The Morgan fingerprint density at radius 1 is 1.08 bits per heavy atom. The van der Waals surface area contributed by atoms with Crippen molar-refractivity contribution in [3.63, 3.8) is 0 Å². The Morgan fingerprint density at radius 2 is 1.78 bits per heavy atom. The Morgan fingerprint density at radius 3 is 2.43 bits per heavy atom. The van der Waals surface area contributed by atoms with Crippen molar-refractivity contribution in [1.29, 1.82) is 0 Å². The molecule has 4 rings (SSSR count). The number of nitrogen functional groups attached to an aromatic ring is 1. The van der Waals surface area contributed by atoms with Gasteiger partial charge in [-0.1, -0.05) is 24.3 Å². The molecule has 0 fully saturated rings. The third kappa shape index (κ3) is 5.85. The Balaban J connectivity index is 1.82. The number of phenolic OH excluding ortho intramolecular Hbond substituents is 1. The number of fused-ring (bicyclic) bond motifs is 1. The van der Waals surface area contributed by atoms with Gasteiger partial charge in [0.05, 0.1) is 28.6 Å². The number of amides is 1. The van der Waals surface area contributed by atoms with E-state index in [-0.39, 0.29) is 16.3 Å². The number of phenols is 1. The molecule has 0 aliphatic carbocycles. The van der Waals surface area contributed by atoms with Gasteiger partial charge in [-0.15, -0.1) is 11.8 Å². The molecule has 11 heteroatoms. The van der Waals surface area contributed by atoms with Crippen LogP contribution in [0.3, 0.4) is 0 Å². The molecular formula is C26H29N3O6S2. The summed E-state index contributed by atoms with van der Waals surface area (Å²) in [6.45, 7) is 0.900. The number of ether oxygens (including phenoxy) is 1. The standard InChI is InChI=1S/C26H29N3O6S2/c1-28(2)14-15-29-21-6-4-5-7-23(21)36-25(17-8-10-18(34-3)11-9-17)24(26(29)31)35-37(32,33)19-12-13-22(30)20(27)16-19/h4-13,16,24-25,30H,14-15,27H2,1-3H3/t24-,25+/m1/s1. The zero-order chi connectivity index (χ0) is 26.7. The van der Waals surface area contributed by atoms with E-state index in [2.05, 4.69) is 0 Å². The fourth-order valence-electron chi connectivity index (χ4n) is 3.92. The summed E-state index contributed by atoms with van der Waals surface area (Å²) in [6.07, 6.45) is -1.38. The lowest BCUT2D eigenvalue weighted by atomic mass is 10.1. The van der Waals surface area contributed by atoms with Crippen molar-refractivity contribution in [2.75, 3.05) is 44.9 Å². The maximum Gasteiger partial charge on any atom is 0.297 e. The van der Waals surface area contributed by atoms with Crippen molar-refractivity contribution in [2.45, 2.75) is 21.1 Å². The van der Waals surface area contributed by atoms with Crippen LogP contribution in [0.2, 0.25) is 0 Å². The minimum atomic E-state index is -4.43. The number of anilines is 2. The van der Waals surface area contributed by atoms with Crippen molar-refractivity contribution >= 4 is 39.2 Å². The molecule has 0 saturated carbocycles. The molecule has 196 valence electrons. The number of rotatable bonds is 8. The van der Waals surface area contributed by atoms with Gasteiger partial charge in [0, 0.05) is 18.0 Å². The number of para-hydroxylation sites is 1. The third-order valence-corrected chi connectivity index (χ3v) is 8.59. The van der Waals surface area contributed by atoms with Crippen LogP contribution >= 0.6 is 11.8 Å². The van der Waals surface area contributed by atoms with Gasteiger partial charge in [0.1, 0.15) is 11.5 Å². The second kappa shape index (κ2) is 11.0. The van der Waals surface area contributed by atoms with E-state index in [0.29, 0.717) is 30.1 Å². The van der Waals surface area contributed by atoms with Crippen molar-refractivity contribution in [3.05, 3.63) is 72.3 Å². The number of carbonyl (C=O) groups excluding carboxylic acids is 1. The monoisotopic (exact) mass is 543 g/mol. The van der Waals surface area contributed by atoms with Gasteiger partial charge in [-0.25, -0.2) is 0 Å². The first-order chi connectivity index (χ1) is 17.6. The molecule has 2 atom stereocenters. The van der Waals surface area contributed by atoms with Gasteiger partial charge < -0.3 is 25.4 Å². The maximum atomic E-state index is 14.1. The first kappa shape index (κ1) is 26.8. The Hall–Kier alpha value is -3.25. The smallest absolute Gasteiger partial charge is 0.297 e. The second-order valence-corrected chi connectivity index (χ2v) is 11.5. The molecule has 9 nitrogen and oxygen atoms in total. The van der Waals surface area contributed by atoms with E-state index >= 15 is 0 Å². The van der Waals surface area contributed by atoms with Crippen LogP contribution in [0.15, 0.2) is 76.5 Å². The number of nitrogens with zero attached hydrogens (tertiary/aromatic N) is 2. The average molecular weight is 544 g/mol. The van der Waals surface area contributed by atoms with Crippen LogP contribution in [0.5, 0.6) is 11.5 Å². The highest BCUT2D eigenvalue weighted by Gasteiger charge is 2.42. The van der Waals surface area contributed by atoms with E-state index in [1.54, 1.807) is 36.3 Å². The number of aromatic hydroxyl groups is 1. The fourth-order valence-corrected chi connectivity index (χ4v) is 6.39. The molecule has 37 heavy (non-hydrogen) atoms. The summed E-state index contributed by atoms with van der Waals surface area (Å²) in [6, 6.07) is 18.1. The molecule has 0 bridgehead atoms.